The second kappa shape index (κ2) is 7.55. The fourth-order valence-electron chi connectivity index (χ4n) is 2.63. The van der Waals surface area contributed by atoms with Gasteiger partial charge in [0.05, 0.1) is 10.6 Å². The maximum atomic E-state index is 12.9. The van der Waals surface area contributed by atoms with Crippen LogP contribution >= 0.6 is 15.9 Å². The van der Waals surface area contributed by atoms with Gasteiger partial charge in [-0.1, -0.05) is 42.6 Å². The van der Waals surface area contributed by atoms with Gasteiger partial charge in [-0.3, -0.25) is 0 Å². The average molecular weight is 365 g/mol. The van der Waals surface area contributed by atoms with Crippen molar-refractivity contribution in [1.29, 1.82) is 0 Å². The molecule has 0 aliphatic heterocycles. The number of sulfone groups is 1. The Morgan fingerprint density at radius 2 is 1.60 bits per heavy atom. The Labute approximate surface area is 129 Å². The number of rotatable bonds is 8. The Kier molecular flexibility index (Phi) is 6.65. The van der Waals surface area contributed by atoms with Crippen LogP contribution in [0, 0.1) is 11.2 Å². The molecule has 0 saturated heterocycles. The summed E-state index contributed by atoms with van der Waals surface area (Å²) in [6.45, 7) is 4.13. The first-order valence-electron chi connectivity index (χ1n) is 6.93. The molecule has 0 radical (unpaired) electrons. The van der Waals surface area contributed by atoms with Gasteiger partial charge in [0.25, 0.3) is 0 Å². The molecule has 0 atom stereocenters. The zero-order valence-corrected chi connectivity index (χ0v) is 14.4. The van der Waals surface area contributed by atoms with Crippen LogP contribution in [0.5, 0.6) is 0 Å². The standard InChI is InChI=1S/C15H22BrFO2S/c1-3-9-15(11-16,10-4-2)12-20(18,19)14-7-5-13(17)6-8-14/h5-8H,3-4,9-12H2,1-2H3. The van der Waals surface area contributed by atoms with Crippen molar-refractivity contribution >= 4 is 25.8 Å². The largest absolute Gasteiger partial charge is 0.224 e. The van der Waals surface area contributed by atoms with E-state index >= 15 is 0 Å². The number of benzene rings is 1. The predicted molar refractivity (Wildman–Crippen MR) is 84.5 cm³/mol. The summed E-state index contributed by atoms with van der Waals surface area (Å²) in [5.74, 6) is -0.309. The van der Waals surface area contributed by atoms with Crippen molar-refractivity contribution in [3.63, 3.8) is 0 Å². The first-order chi connectivity index (χ1) is 9.39. The van der Waals surface area contributed by atoms with Crippen molar-refractivity contribution in [2.75, 3.05) is 11.1 Å². The molecule has 2 nitrogen and oxygen atoms in total. The molecular weight excluding hydrogens is 343 g/mol. The summed E-state index contributed by atoms with van der Waals surface area (Å²) >= 11 is 3.49. The van der Waals surface area contributed by atoms with Crippen molar-refractivity contribution in [2.24, 2.45) is 5.41 Å². The molecule has 0 heterocycles. The molecule has 0 aliphatic rings. The summed E-state index contributed by atoms with van der Waals surface area (Å²) < 4.78 is 38.0. The summed E-state index contributed by atoms with van der Waals surface area (Å²) in [7, 11) is -3.39. The van der Waals surface area contributed by atoms with E-state index in [9.17, 15) is 12.8 Å². The van der Waals surface area contributed by atoms with E-state index in [1.807, 2.05) is 0 Å². The molecule has 5 heteroatoms. The minimum atomic E-state index is -3.39. The fraction of sp³-hybridized carbons (Fsp3) is 0.600. The molecule has 1 aromatic carbocycles. The minimum Gasteiger partial charge on any atom is -0.224 e. The van der Waals surface area contributed by atoms with Gasteiger partial charge in [-0.2, -0.15) is 0 Å². The van der Waals surface area contributed by atoms with Gasteiger partial charge >= 0.3 is 0 Å². The monoisotopic (exact) mass is 364 g/mol. The van der Waals surface area contributed by atoms with E-state index in [1.54, 1.807) is 0 Å². The van der Waals surface area contributed by atoms with Crippen LogP contribution in [-0.2, 0) is 9.84 Å². The second-order valence-corrected chi connectivity index (χ2v) is 7.90. The highest BCUT2D eigenvalue weighted by atomic mass is 79.9. The third-order valence-corrected chi connectivity index (χ3v) is 6.69. The lowest BCUT2D eigenvalue weighted by atomic mass is 9.83. The zero-order chi connectivity index (χ0) is 15.2. The van der Waals surface area contributed by atoms with Crippen LogP contribution in [0.2, 0.25) is 0 Å². The molecule has 0 N–H and O–H groups in total. The van der Waals surface area contributed by atoms with Gasteiger partial charge in [-0.05, 0) is 42.5 Å². The molecule has 0 unspecified atom stereocenters. The Hall–Kier alpha value is -0.420. The van der Waals surface area contributed by atoms with Crippen molar-refractivity contribution in [3.8, 4) is 0 Å². The zero-order valence-electron chi connectivity index (χ0n) is 12.0. The number of alkyl halides is 1. The van der Waals surface area contributed by atoms with Crippen molar-refractivity contribution in [1.82, 2.24) is 0 Å². The van der Waals surface area contributed by atoms with E-state index in [1.165, 1.54) is 24.3 Å². The summed E-state index contributed by atoms with van der Waals surface area (Å²) in [4.78, 5) is 0.205. The first kappa shape index (κ1) is 17.6. The molecule has 0 aromatic heterocycles. The molecule has 0 aliphatic carbocycles. The molecule has 0 spiro atoms. The highest BCUT2D eigenvalue weighted by Gasteiger charge is 2.33. The lowest BCUT2D eigenvalue weighted by molar-refractivity contribution is 0.314. The maximum Gasteiger partial charge on any atom is 0.178 e. The van der Waals surface area contributed by atoms with E-state index < -0.39 is 15.7 Å². The van der Waals surface area contributed by atoms with Crippen LogP contribution in [0.3, 0.4) is 0 Å². The second-order valence-electron chi connectivity index (χ2n) is 5.35. The Balaban J connectivity index is 3.04. The van der Waals surface area contributed by atoms with Crippen molar-refractivity contribution in [2.45, 2.75) is 44.4 Å². The Morgan fingerprint density at radius 3 is 2.00 bits per heavy atom. The lowest BCUT2D eigenvalue weighted by Gasteiger charge is -2.31. The fourth-order valence-corrected chi connectivity index (χ4v) is 5.57. The highest BCUT2D eigenvalue weighted by molar-refractivity contribution is 9.09. The van der Waals surface area contributed by atoms with E-state index in [2.05, 4.69) is 29.8 Å². The van der Waals surface area contributed by atoms with Gasteiger partial charge in [0.15, 0.2) is 9.84 Å². The molecule has 0 bridgehead atoms. The van der Waals surface area contributed by atoms with Gasteiger partial charge in [0, 0.05) is 5.33 Å². The van der Waals surface area contributed by atoms with E-state index in [4.69, 9.17) is 0 Å². The molecular formula is C15H22BrFO2S. The predicted octanol–water partition coefficient (Wildman–Crippen LogP) is 4.58. The molecule has 1 rings (SSSR count). The summed E-state index contributed by atoms with van der Waals surface area (Å²) in [6.07, 6.45) is 3.63. The van der Waals surface area contributed by atoms with Crippen LogP contribution < -0.4 is 0 Å². The first-order valence-corrected chi connectivity index (χ1v) is 9.71. The smallest absolute Gasteiger partial charge is 0.178 e. The topological polar surface area (TPSA) is 34.1 Å². The van der Waals surface area contributed by atoms with E-state index in [0.29, 0.717) is 5.33 Å². The van der Waals surface area contributed by atoms with Gasteiger partial charge in [-0.25, -0.2) is 12.8 Å². The van der Waals surface area contributed by atoms with Crippen LogP contribution in [-0.4, -0.2) is 19.5 Å². The average Bonchev–Trinajstić information content (AvgIpc) is 2.39. The van der Waals surface area contributed by atoms with Gasteiger partial charge in [0.1, 0.15) is 5.82 Å². The third kappa shape index (κ3) is 4.55. The van der Waals surface area contributed by atoms with Crippen molar-refractivity contribution in [3.05, 3.63) is 30.1 Å². The third-order valence-electron chi connectivity index (χ3n) is 3.51. The highest BCUT2D eigenvalue weighted by Crippen LogP contribution is 2.35. The molecule has 20 heavy (non-hydrogen) atoms. The molecule has 114 valence electrons. The molecule has 1 aromatic rings. The van der Waals surface area contributed by atoms with Crippen molar-refractivity contribution < 1.29 is 12.8 Å². The van der Waals surface area contributed by atoms with Crippen LogP contribution in [0.15, 0.2) is 29.2 Å². The van der Waals surface area contributed by atoms with E-state index in [-0.39, 0.29) is 16.1 Å². The Bertz CT molecular complexity index is 505. The number of hydrogen-bond acceptors (Lipinski definition) is 2. The molecule has 0 fully saturated rings. The minimum absolute atomic E-state index is 0.110. The van der Waals surface area contributed by atoms with Crippen LogP contribution in [0.25, 0.3) is 0 Å². The van der Waals surface area contributed by atoms with Crippen LogP contribution in [0.1, 0.15) is 39.5 Å². The normalized spacial score (nSPS) is 12.6. The van der Waals surface area contributed by atoms with Gasteiger partial charge in [-0.15, -0.1) is 0 Å². The number of hydrogen-bond donors (Lipinski definition) is 0. The van der Waals surface area contributed by atoms with E-state index in [0.717, 1.165) is 25.7 Å². The SMILES string of the molecule is CCCC(CBr)(CCC)CS(=O)(=O)c1ccc(F)cc1. The number of halogens is 2. The summed E-state index contributed by atoms with van der Waals surface area (Å²) in [6, 6.07) is 5.09. The van der Waals surface area contributed by atoms with Gasteiger partial charge in [0.2, 0.25) is 0 Å². The maximum absolute atomic E-state index is 12.9. The summed E-state index contributed by atoms with van der Waals surface area (Å²) in [5.41, 5.74) is -0.239. The quantitative estimate of drug-likeness (QED) is 0.499. The van der Waals surface area contributed by atoms with Crippen LogP contribution in [0.4, 0.5) is 4.39 Å². The molecule has 0 amide bonds. The molecule has 0 saturated carbocycles. The lowest BCUT2D eigenvalue weighted by Crippen LogP contribution is -2.32. The van der Waals surface area contributed by atoms with Gasteiger partial charge < -0.3 is 0 Å². The summed E-state index contributed by atoms with van der Waals surface area (Å²) in [5, 5.41) is 0.669. The Morgan fingerprint density at radius 1 is 1.10 bits per heavy atom.